The molecule has 28 heavy (non-hydrogen) atoms. The zero-order valence-corrected chi connectivity index (χ0v) is 17.0. The van der Waals surface area contributed by atoms with Crippen molar-refractivity contribution in [1.82, 2.24) is 0 Å². The lowest BCUT2D eigenvalue weighted by Crippen LogP contribution is -2.25. The van der Waals surface area contributed by atoms with E-state index in [-0.39, 0.29) is 5.91 Å². The SMILES string of the molecule is O=C(c1ccc(Cl)cc1Cl)N(c1ccccc1)c1csc(-c2ccccc2)c1. The molecule has 0 saturated heterocycles. The molecule has 0 spiro atoms. The summed E-state index contributed by atoms with van der Waals surface area (Å²) in [7, 11) is 0. The Morgan fingerprint density at radius 2 is 1.46 bits per heavy atom. The summed E-state index contributed by atoms with van der Waals surface area (Å²) in [6.07, 6.45) is 0. The van der Waals surface area contributed by atoms with Crippen LogP contribution in [0.1, 0.15) is 10.4 Å². The molecule has 4 rings (SSSR count). The predicted molar refractivity (Wildman–Crippen MR) is 119 cm³/mol. The summed E-state index contributed by atoms with van der Waals surface area (Å²) in [5.41, 5.74) is 3.09. The predicted octanol–water partition coefficient (Wildman–Crippen LogP) is 7.70. The van der Waals surface area contributed by atoms with Gasteiger partial charge in [0.2, 0.25) is 0 Å². The summed E-state index contributed by atoms with van der Waals surface area (Å²) >= 11 is 13.9. The van der Waals surface area contributed by atoms with Gasteiger partial charge in [-0.2, -0.15) is 0 Å². The second-order valence-electron chi connectivity index (χ2n) is 6.14. The van der Waals surface area contributed by atoms with Gasteiger partial charge in [-0.1, -0.05) is 71.7 Å². The van der Waals surface area contributed by atoms with E-state index >= 15 is 0 Å². The van der Waals surface area contributed by atoms with Gasteiger partial charge in [0, 0.05) is 21.0 Å². The van der Waals surface area contributed by atoms with E-state index in [9.17, 15) is 4.79 Å². The van der Waals surface area contributed by atoms with Crippen LogP contribution in [0.3, 0.4) is 0 Å². The van der Waals surface area contributed by atoms with Gasteiger partial charge in [-0.15, -0.1) is 11.3 Å². The lowest BCUT2D eigenvalue weighted by Gasteiger charge is -2.22. The second kappa shape index (κ2) is 8.19. The summed E-state index contributed by atoms with van der Waals surface area (Å²) < 4.78 is 0. The highest BCUT2D eigenvalue weighted by atomic mass is 35.5. The number of anilines is 2. The van der Waals surface area contributed by atoms with Crippen LogP contribution in [-0.2, 0) is 0 Å². The first-order chi connectivity index (χ1) is 13.6. The fourth-order valence-corrected chi connectivity index (χ4v) is 4.31. The molecule has 1 amide bonds. The highest BCUT2D eigenvalue weighted by molar-refractivity contribution is 7.14. The summed E-state index contributed by atoms with van der Waals surface area (Å²) in [5.74, 6) is -0.203. The van der Waals surface area contributed by atoms with Crippen LogP contribution in [0.2, 0.25) is 10.0 Å². The van der Waals surface area contributed by atoms with Gasteiger partial charge in [-0.3, -0.25) is 9.69 Å². The summed E-state index contributed by atoms with van der Waals surface area (Å²) in [6.45, 7) is 0. The Kier molecular flexibility index (Phi) is 5.49. The van der Waals surface area contributed by atoms with Crippen LogP contribution in [-0.4, -0.2) is 5.91 Å². The Labute approximate surface area is 177 Å². The smallest absolute Gasteiger partial charge is 0.264 e. The molecule has 0 aliphatic carbocycles. The number of thiophene rings is 1. The molecule has 1 heterocycles. The lowest BCUT2D eigenvalue weighted by atomic mass is 10.1. The molecule has 0 atom stereocenters. The van der Waals surface area contributed by atoms with E-state index in [1.165, 1.54) is 0 Å². The normalized spacial score (nSPS) is 10.6. The van der Waals surface area contributed by atoms with E-state index in [2.05, 4.69) is 12.1 Å². The number of hydrogen-bond donors (Lipinski definition) is 0. The molecule has 4 aromatic rings. The highest BCUT2D eigenvalue weighted by Gasteiger charge is 2.23. The Hall–Kier alpha value is -2.59. The second-order valence-corrected chi connectivity index (χ2v) is 7.89. The number of carbonyl (C=O) groups excluding carboxylic acids is 1. The molecule has 5 heteroatoms. The van der Waals surface area contributed by atoms with Crippen LogP contribution in [0.5, 0.6) is 0 Å². The van der Waals surface area contributed by atoms with Crippen molar-refractivity contribution in [1.29, 1.82) is 0 Å². The Morgan fingerprint density at radius 1 is 0.786 bits per heavy atom. The molecule has 0 fully saturated rings. The number of para-hydroxylation sites is 1. The van der Waals surface area contributed by atoms with Crippen molar-refractivity contribution in [2.45, 2.75) is 0 Å². The number of nitrogens with zero attached hydrogens (tertiary/aromatic N) is 1. The van der Waals surface area contributed by atoms with E-state index < -0.39 is 0 Å². The number of carbonyl (C=O) groups is 1. The van der Waals surface area contributed by atoms with Crippen molar-refractivity contribution in [3.8, 4) is 10.4 Å². The van der Waals surface area contributed by atoms with E-state index in [1.807, 2.05) is 60.0 Å². The molecule has 0 aliphatic rings. The van der Waals surface area contributed by atoms with Crippen molar-refractivity contribution in [3.05, 3.63) is 106 Å². The van der Waals surface area contributed by atoms with E-state index in [4.69, 9.17) is 23.2 Å². The first-order valence-electron chi connectivity index (χ1n) is 8.62. The zero-order valence-electron chi connectivity index (χ0n) is 14.7. The lowest BCUT2D eigenvalue weighted by molar-refractivity contribution is 0.0999. The molecule has 0 aliphatic heterocycles. The maximum Gasteiger partial charge on any atom is 0.264 e. The minimum atomic E-state index is -0.203. The van der Waals surface area contributed by atoms with Crippen molar-refractivity contribution in [2.24, 2.45) is 0 Å². The molecule has 0 radical (unpaired) electrons. The molecule has 138 valence electrons. The van der Waals surface area contributed by atoms with E-state index in [0.717, 1.165) is 21.8 Å². The third kappa shape index (κ3) is 3.83. The number of hydrogen-bond acceptors (Lipinski definition) is 2. The summed E-state index contributed by atoms with van der Waals surface area (Å²) in [6, 6.07) is 26.6. The average Bonchev–Trinajstić information content (AvgIpc) is 3.19. The van der Waals surface area contributed by atoms with E-state index in [1.54, 1.807) is 34.4 Å². The van der Waals surface area contributed by atoms with Gasteiger partial charge < -0.3 is 0 Å². The van der Waals surface area contributed by atoms with Crippen LogP contribution >= 0.6 is 34.5 Å². The zero-order chi connectivity index (χ0) is 19.5. The third-order valence-corrected chi connectivity index (χ3v) is 5.80. The minimum absolute atomic E-state index is 0.203. The molecule has 0 unspecified atom stereocenters. The molecular weight excluding hydrogens is 409 g/mol. The van der Waals surface area contributed by atoms with Gasteiger partial charge in [0.15, 0.2) is 0 Å². The Morgan fingerprint density at radius 3 is 2.14 bits per heavy atom. The van der Waals surface area contributed by atoms with Gasteiger partial charge in [-0.25, -0.2) is 0 Å². The Bertz CT molecular complexity index is 1110. The first kappa shape index (κ1) is 18.8. The first-order valence-corrected chi connectivity index (χ1v) is 10.3. The highest BCUT2D eigenvalue weighted by Crippen LogP contribution is 2.36. The third-order valence-electron chi connectivity index (χ3n) is 4.28. The maximum absolute atomic E-state index is 13.4. The average molecular weight is 424 g/mol. The molecule has 3 aromatic carbocycles. The molecular formula is C23H15Cl2NOS. The van der Waals surface area contributed by atoms with Gasteiger partial charge >= 0.3 is 0 Å². The minimum Gasteiger partial charge on any atom is -0.276 e. The summed E-state index contributed by atoms with van der Waals surface area (Å²) in [5, 5.41) is 2.81. The molecule has 0 N–H and O–H groups in total. The quantitative estimate of drug-likeness (QED) is 0.329. The fourth-order valence-electron chi connectivity index (χ4n) is 2.94. The molecule has 1 aromatic heterocycles. The van der Waals surface area contributed by atoms with E-state index in [0.29, 0.717) is 15.6 Å². The standard InChI is InChI=1S/C23H15Cl2NOS/c24-17-11-12-20(21(25)13-17)23(27)26(18-9-5-2-6-10-18)19-14-22(28-15-19)16-7-3-1-4-8-16/h1-15H. The summed E-state index contributed by atoms with van der Waals surface area (Å²) in [4.78, 5) is 16.2. The number of benzene rings is 3. The molecule has 0 bridgehead atoms. The molecule has 0 saturated carbocycles. The van der Waals surface area contributed by atoms with Gasteiger partial charge in [-0.05, 0) is 42.0 Å². The number of amides is 1. The number of rotatable bonds is 4. The van der Waals surface area contributed by atoms with Crippen molar-refractivity contribution in [2.75, 3.05) is 4.90 Å². The van der Waals surface area contributed by atoms with Gasteiger partial charge in [0.05, 0.1) is 16.3 Å². The van der Waals surface area contributed by atoms with Gasteiger partial charge in [0.1, 0.15) is 0 Å². The van der Waals surface area contributed by atoms with Crippen LogP contribution in [0.4, 0.5) is 11.4 Å². The maximum atomic E-state index is 13.4. The van der Waals surface area contributed by atoms with Crippen LogP contribution in [0, 0.1) is 0 Å². The van der Waals surface area contributed by atoms with Gasteiger partial charge in [0.25, 0.3) is 5.91 Å². The largest absolute Gasteiger partial charge is 0.276 e. The fraction of sp³-hybridized carbons (Fsp3) is 0. The van der Waals surface area contributed by atoms with Crippen LogP contribution < -0.4 is 4.90 Å². The van der Waals surface area contributed by atoms with Crippen LogP contribution in [0.25, 0.3) is 10.4 Å². The van der Waals surface area contributed by atoms with Crippen molar-refractivity contribution >= 4 is 51.8 Å². The van der Waals surface area contributed by atoms with Crippen LogP contribution in [0.15, 0.2) is 90.3 Å². The van der Waals surface area contributed by atoms with Crippen molar-refractivity contribution in [3.63, 3.8) is 0 Å². The van der Waals surface area contributed by atoms with Crippen molar-refractivity contribution < 1.29 is 4.79 Å². The Balaban J connectivity index is 1.79. The molecule has 2 nitrogen and oxygen atoms in total. The topological polar surface area (TPSA) is 20.3 Å². The number of halogens is 2. The monoisotopic (exact) mass is 423 g/mol.